The molecule has 0 saturated heterocycles. The van der Waals surface area contributed by atoms with Gasteiger partial charge in [0.25, 0.3) is 0 Å². The Balaban J connectivity index is 2.02. The second-order valence-electron chi connectivity index (χ2n) is 4.56. The molecular weight excluding hydrogens is 252 g/mol. The SMILES string of the molecule is CCc1nnc(NCc2ccc(CO)cc2)nc1CC. The van der Waals surface area contributed by atoms with Crippen LogP contribution in [0.25, 0.3) is 0 Å². The monoisotopic (exact) mass is 272 g/mol. The zero-order chi connectivity index (χ0) is 14.4. The number of aliphatic hydroxyl groups excluding tert-OH is 1. The Morgan fingerprint density at radius 3 is 2.20 bits per heavy atom. The van der Waals surface area contributed by atoms with Crippen molar-refractivity contribution in [1.29, 1.82) is 0 Å². The molecule has 0 aliphatic heterocycles. The third-order valence-corrected chi connectivity index (χ3v) is 3.17. The van der Waals surface area contributed by atoms with Crippen LogP contribution in [0.4, 0.5) is 5.95 Å². The van der Waals surface area contributed by atoms with Crippen LogP contribution in [0.3, 0.4) is 0 Å². The average molecular weight is 272 g/mol. The van der Waals surface area contributed by atoms with Gasteiger partial charge in [-0.25, -0.2) is 4.98 Å². The third-order valence-electron chi connectivity index (χ3n) is 3.17. The maximum Gasteiger partial charge on any atom is 0.243 e. The predicted octanol–water partition coefficient (Wildman–Crippen LogP) is 2.10. The zero-order valence-corrected chi connectivity index (χ0v) is 11.9. The van der Waals surface area contributed by atoms with Crippen molar-refractivity contribution in [3.05, 3.63) is 46.8 Å². The van der Waals surface area contributed by atoms with Crippen LogP contribution in [0.2, 0.25) is 0 Å². The van der Waals surface area contributed by atoms with Crippen molar-refractivity contribution in [3.8, 4) is 0 Å². The van der Waals surface area contributed by atoms with E-state index in [0.29, 0.717) is 12.5 Å². The van der Waals surface area contributed by atoms with E-state index in [-0.39, 0.29) is 6.61 Å². The van der Waals surface area contributed by atoms with Gasteiger partial charge in [0.2, 0.25) is 5.95 Å². The molecule has 2 N–H and O–H groups in total. The van der Waals surface area contributed by atoms with E-state index >= 15 is 0 Å². The number of aromatic nitrogens is 3. The quantitative estimate of drug-likeness (QED) is 0.842. The number of rotatable bonds is 6. The highest BCUT2D eigenvalue weighted by molar-refractivity contribution is 5.29. The van der Waals surface area contributed by atoms with Gasteiger partial charge in [-0.1, -0.05) is 38.1 Å². The van der Waals surface area contributed by atoms with Gasteiger partial charge in [-0.05, 0) is 24.0 Å². The first-order valence-electron chi connectivity index (χ1n) is 6.91. The summed E-state index contributed by atoms with van der Waals surface area (Å²) in [6.45, 7) is 4.84. The lowest BCUT2D eigenvalue weighted by atomic mass is 10.1. The van der Waals surface area contributed by atoms with Gasteiger partial charge in [-0.3, -0.25) is 0 Å². The number of hydrogen-bond acceptors (Lipinski definition) is 5. The summed E-state index contributed by atoms with van der Waals surface area (Å²) in [6.07, 6.45) is 1.71. The van der Waals surface area contributed by atoms with E-state index in [4.69, 9.17) is 5.11 Å². The average Bonchev–Trinajstić information content (AvgIpc) is 2.53. The molecule has 2 rings (SSSR count). The molecule has 0 aliphatic carbocycles. The van der Waals surface area contributed by atoms with Crippen molar-refractivity contribution in [2.75, 3.05) is 5.32 Å². The topological polar surface area (TPSA) is 70.9 Å². The minimum Gasteiger partial charge on any atom is -0.392 e. The normalized spacial score (nSPS) is 10.6. The number of aryl methyl sites for hydroxylation is 2. The van der Waals surface area contributed by atoms with Gasteiger partial charge in [-0.2, -0.15) is 5.10 Å². The Kier molecular flexibility index (Phi) is 5.01. The van der Waals surface area contributed by atoms with Gasteiger partial charge in [0.1, 0.15) is 0 Å². The molecule has 2 aromatic rings. The van der Waals surface area contributed by atoms with E-state index in [2.05, 4.69) is 34.3 Å². The summed E-state index contributed by atoms with van der Waals surface area (Å²) < 4.78 is 0. The molecule has 0 radical (unpaired) electrons. The maximum absolute atomic E-state index is 9.00. The maximum atomic E-state index is 9.00. The third kappa shape index (κ3) is 3.51. The van der Waals surface area contributed by atoms with Gasteiger partial charge in [0, 0.05) is 6.54 Å². The summed E-state index contributed by atoms with van der Waals surface area (Å²) in [5.74, 6) is 0.560. The molecule has 0 aliphatic rings. The van der Waals surface area contributed by atoms with Gasteiger partial charge in [-0.15, -0.1) is 5.10 Å². The smallest absolute Gasteiger partial charge is 0.243 e. The number of nitrogens with one attached hydrogen (secondary N) is 1. The largest absolute Gasteiger partial charge is 0.392 e. The van der Waals surface area contributed by atoms with E-state index in [9.17, 15) is 0 Å². The summed E-state index contributed by atoms with van der Waals surface area (Å²) in [5, 5.41) is 20.5. The molecule has 1 aromatic carbocycles. The molecule has 1 heterocycles. The fourth-order valence-corrected chi connectivity index (χ4v) is 1.96. The molecule has 0 atom stereocenters. The first-order chi connectivity index (χ1) is 9.76. The van der Waals surface area contributed by atoms with Crippen LogP contribution in [0.5, 0.6) is 0 Å². The number of benzene rings is 1. The standard InChI is InChI=1S/C15H20N4O/c1-3-13-14(4-2)18-19-15(17-13)16-9-11-5-7-12(10-20)8-6-11/h5-8,20H,3-4,9-10H2,1-2H3,(H,16,17,19). The Hall–Kier alpha value is -2.01. The molecule has 5 nitrogen and oxygen atoms in total. The highest BCUT2D eigenvalue weighted by Gasteiger charge is 2.05. The van der Waals surface area contributed by atoms with Crippen LogP contribution in [0.15, 0.2) is 24.3 Å². The van der Waals surface area contributed by atoms with Crippen LogP contribution in [0.1, 0.15) is 36.4 Å². The van der Waals surface area contributed by atoms with Crippen molar-refractivity contribution in [3.63, 3.8) is 0 Å². The fraction of sp³-hybridized carbons (Fsp3) is 0.400. The van der Waals surface area contributed by atoms with Crippen molar-refractivity contribution < 1.29 is 5.11 Å². The molecule has 1 aromatic heterocycles. The van der Waals surface area contributed by atoms with Gasteiger partial charge >= 0.3 is 0 Å². The number of anilines is 1. The molecule has 0 unspecified atom stereocenters. The number of hydrogen-bond donors (Lipinski definition) is 2. The Labute approximate surface area is 119 Å². The molecule has 0 amide bonds. The molecule has 0 fully saturated rings. The molecule has 0 saturated carbocycles. The summed E-state index contributed by atoms with van der Waals surface area (Å²) in [5.41, 5.74) is 3.99. The molecule has 0 spiro atoms. The van der Waals surface area contributed by atoms with Crippen molar-refractivity contribution in [2.45, 2.75) is 39.8 Å². The lowest BCUT2D eigenvalue weighted by molar-refractivity contribution is 0.282. The lowest BCUT2D eigenvalue weighted by Crippen LogP contribution is -2.09. The lowest BCUT2D eigenvalue weighted by Gasteiger charge is -2.08. The minimum absolute atomic E-state index is 0.0685. The first-order valence-corrected chi connectivity index (χ1v) is 6.91. The summed E-state index contributed by atoms with van der Waals surface area (Å²) in [6, 6.07) is 7.78. The van der Waals surface area contributed by atoms with E-state index in [1.54, 1.807) is 0 Å². The van der Waals surface area contributed by atoms with Crippen LogP contribution in [0, 0.1) is 0 Å². The minimum atomic E-state index is 0.0685. The molecule has 0 bridgehead atoms. The molecule has 106 valence electrons. The van der Waals surface area contributed by atoms with Gasteiger partial charge in [0.05, 0.1) is 18.0 Å². The summed E-state index contributed by atoms with van der Waals surface area (Å²) >= 11 is 0. The molecular formula is C15H20N4O. The van der Waals surface area contributed by atoms with E-state index in [1.165, 1.54) is 0 Å². The fourth-order valence-electron chi connectivity index (χ4n) is 1.96. The van der Waals surface area contributed by atoms with Crippen molar-refractivity contribution in [2.24, 2.45) is 0 Å². The second kappa shape index (κ2) is 6.96. The highest BCUT2D eigenvalue weighted by atomic mass is 16.3. The first kappa shape index (κ1) is 14.4. The van der Waals surface area contributed by atoms with Crippen molar-refractivity contribution >= 4 is 5.95 Å². The second-order valence-corrected chi connectivity index (χ2v) is 4.56. The van der Waals surface area contributed by atoms with Crippen LogP contribution < -0.4 is 5.32 Å². The van der Waals surface area contributed by atoms with E-state index < -0.39 is 0 Å². The van der Waals surface area contributed by atoms with Gasteiger partial charge in [0.15, 0.2) is 0 Å². The Bertz CT molecular complexity index is 554. The van der Waals surface area contributed by atoms with E-state index in [1.807, 2.05) is 24.3 Å². The predicted molar refractivity (Wildman–Crippen MR) is 78.3 cm³/mol. The number of nitrogens with zero attached hydrogens (tertiary/aromatic N) is 3. The molecule has 20 heavy (non-hydrogen) atoms. The van der Waals surface area contributed by atoms with Crippen LogP contribution in [-0.4, -0.2) is 20.3 Å². The highest BCUT2D eigenvalue weighted by Crippen LogP contribution is 2.09. The Morgan fingerprint density at radius 1 is 0.950 bits per heavy atom. The summed E-state index contributed by atoms with van der Waals surface area (Å²) in [7, 11) is 0. The zero-order valence-electron chi connectivity index (χ0n) is 11.9. The van der Waals surface area contributed by atoms with Gasteiger partial charge < -0.3 is 10.4 Å². The molecule has 5 heteroatoms. The van der Waals surface area contributed by atoms with Crippen LogP contribution >= 0.6 is 0 Å². The van der Waals surface area contributed by atoms with Crippen LogP contribution in [-0.2, 0) is 26.0 Å². The number of aliphatic hydroxyl groups is 1. The van der Waals surface area contributed by atoms with E-state index in [0.717, 1.165) is 35.4 Å². The van der Waals surface area contributed by atoms with Crippen molar-refractivity contribution in [1.82, 2.24) is 15.2 Å². The summed E-state index contributed by atoms with van der Waals surface area (Å²) in [4.78, 5) is 4.49. The Morgan fingerprint density at radius 2 is 1.60 bits per heavy atom.